The quantitative estimate of drug-likeness (QED) is 0.727. The molecule has 2 unspecified atom stereocenters. The number of hydrogen-bond donors (Lipinski definition) is 3. The highest BCUT2D eigenvalue weighted by atomic mass is 16.2. The van der Waals surface area contributed by atoms with Gasteiger partial charge < -0.3 is 16.4 Å². The molecular weight excluding hydrogens is 254 g/mol. The first-order valence-corrected chi connectivity index (χ1v) is 7.50. The lowest BCUT2D eigenvalue weighted by Crippen LogP contribution is -2.56. The summed E-state index contributed by atoms with van der Waals surface area (Å²) in [6, 6.07) is 0. The van der Waals surface area contributed by atoms with Crippen LogP contribution in [0.25, 0.3) is 0 Å². The standard InChI is InChI=1S/C15H29N3O2/c1-11-6-5-8-15(16,10-11)13(20)17-9-7-12(19)18-14(2,3)4/h11H,5-10,16H2,1-4H3,(H,17,20)(H,18,19). The third-order valence-electron chi connectivity index (χ3n) is 3.64. The molecular formula is C15H29N3O2. The van der Waals surface area contributed by atoms with Crippen molar-refractivity contribution in [3.05, 3.63) is 0 Å². The Hall–Kier alpha value is -1.10. The van der Waals surface area contributed by atoms with Crippen molar-refractivity contribution in [2.75, 3.05) is 6.54 Å². The second-order valence-electron chi connectivity index (χ2n) is 7.16. The maximum atomic E-state index is 12.2. The Kier molecular flexibility index (Phi) is 5.57. The highest BCUT2D eigenvalue weighted by molar-refractivity contribution is 5.86. The first kappa shape index (κ1) is 17.0. The minimum atomic E-state index is -0.752. The van der Waals surface area contributed by atoms with Crippen molar-refractivity contribution in [3.8, 4) is 0 Å². The molecule has 0 aliphatic heterocycles. The zero-order valence-electron chi connectivity index (χ0n) is 13.2. The van der Waals surface area contributed by atoms with Crippen molar-refractivity contribution in [2.24, 2.45) is 11.7 Å². The molecule has 5 heteroatoms. The molecule has 2 amide bonds. The third-order valence-corrected chi connectivity index (χ3v) is 3.64. The van der Waals surface area contributed by atoms with E-state index in [-0.39, 0.29) is 23.8 Å². The Morgan fingerprint density at radius 1 is 1.35 bits per heavy atom. The zero-order valence-corrected chi connectivity index (χ0v) is 13.2. The molecule has 0 aromatic heterocycles. The largest absolute Gasteiger partial charge is 0.354 e. The van der Waals surface area contributed by atoms with E-state index >= 15 is 0 Å². The predicted octanol–water partition coefficient (Wildman–Crippen LogP) is 1.32. The molecule has 0 aromatic carbocycles. The van der Waals surface area contributed by atoms with Crippen LogP contribution in [0.2, 0.25) is 0 Å². The smallest absolute Gasteiger partial charge is 0.240 e. The Balaban J connectivity index is 2.34. The van der Waals surface area contributed by atoms with Gasteiger partial charge in [0.05, 0.1) is 5.54 Å². The van der Waals surface area contributed by atoms with Crippen LogP contribution in [-0.4, -0.2) is 29.4 Å². The van der Waals surface area contributed by atoms with E-state index in [9.17, 15) is 9.59 Å². The molecule has 0 saturated heterocycles. The summed E-state index contributed by atoms with van der Waals surface area (Å²) in [6.45, 7) is 8.27. The lowest BCUT2D eigenvalue weighted by molar-refractivity contribution is -0.128. The zero-order chi connectivity index (χ0) is 15.4. The molecule has 5 nitrogen and oxygen atoms in total. The predicted molar refractivity (Wildman–Crippen MR) is 80.1 cm³/mol. The van der Waals surface area contributed by atoms with Gasteiger partial charge in [0.25, 0.3) is 0 Å². The van der Waals surface area contributed by atoms with E-state index in [0.29, 0.717) is 12.5 Å². The van der Waals surface area contributed by atoms with E-state index in [1.165, 1.54) is 0 Å². The van der Waals surface area contributed by atoms with Crippen molar-refractivity contribution in [3.63, 3.8) is 0 Å². The van der Waals surface area contributed by atoms with Crippen LogP contribution in [-0.2, 0) is 9.59 Å². The van der Waals surface area contributed by atoms with Crippen molar-refractivity contribution >= 4 is 11.8 Å². The van der Waals surface area contributed by atoms with Gasteiger partial charge in [-0.25, -0.2) is 0 Å². The van der Waals surface area contributed by atoms with Crippen LogP contribution in [0.1, 0.15) is 59.8 Å². The van der Waals surface area contributed by atoms with Gasteiger partial charge in [0.15, 0.2) is 0 Å². The van der Waals surface area contributed by atoms with Gasteiger partial charge in [-0.3, -0.25) is 9.59 Å². The number of hydrogen-bond acceptors (Lipinski definition) is 3. The fourth-order valence-corrected chi connectivity index (χ4v) is 2.74. The maximum Gasteiger partial charge on any atom is 0.240 e. The molecule has 0 aromatic rings. The van der Waals surface area contributed by atoms with Gasteiger partial charge in [-0.2, -0.15) is 0 Å². The summed E-state index contributed by atoms with van der Waals surface area (Å²) in [5.41, 5.74) is 5.21. The second-order valence-corrected chi connectivity index (χ2v) is 7.16. The van der Waals surface area contributed by atoms with Gasteiger partial charge in [-0.15, -0.1) is 0 Å². The van der Waals surface area contributed by atoms with Gasteiger partial charge in [-0.1, -0.05) is 19.8 Å². The fourth-order valence-electron chi connectivity index (χ4n) is 2.74. The van der Waals surface area contributed by atoms with Crippen molar-refractivity contribution < 1.29 is 9.59 Å². The molecule has 20 heavy (non-hydrogen) atoms. The first-order valence-electron chi connectivity index (χ1n) is 7.50. The van der Waals surface area contributed by atoms with Crippen LogP contribution in [0.4, 0.5) is 0 Å². The molecule has 4 N–H and O–H groups in total. The fraction of sp³-hybridized carbons (Fsp3) is 0.867. The normalized spacial score (nSPS) is 26.9. The minimum absolute atomic E-state index is 0.0547. The van der Waals surface area contributed by atoms with Gasteiger partial charge >= 0.3 is 0 Å². The Morgan fingerprint density at radius 3 is 2.55 bits per heavy atom. The van der Waals surface area contributed by atoms with Crippen LogP contribution in [0.15, 0.2) is 0 Å². The molecule has 0 bridgehead atoms. The summed E-state index contributed by atoms with van der Waals surface area (Å²) in [7, 11) is 0. The van der Waals surface area contributed by atoms with E-state index in [0.717, 1.165) is 25.7 Å². The molecule has 1 rings (SSSR count). The Labute approximate surface area is 122 Å². The SMILES string of the molecule is CC1CCCC(N)(C(=O)NCCC(=O)NC(C)(C)C)C1. The average molecular weight is 283 g/mol. The molecule has 2 atom stereocenters. The van der Waals surface area contributed by atoms with Crippen LogP contribution in [0.3, 0.4) is 0 Å². The monoisotopic (exact) mass is 283 g/mol. The van der Waals surface area contributed by atoms with Crippen LogP contribution in [0, 0.1) is 5.92 Å². The van der Waals surface area contributed by atoms with E-state index in [4.69, 9.17) is 5.73 Å². The van der Waals surface area contributed by atoms with E-state index < -0.39 is 5.54 Å². The van der Waals surface area contributed by atoms with Gasteiger partial charge in [0.1, 0.15) is 0 Å². The molecule has 0 radical (unpaired) electrons. The molecule has 0 heterocycles. The van der Waals surface area contributed by atoms with Gasteiger partial charge in [0, 0.05) is 18.5 Å². The molecule has 1 saturated carbocycles. The molecule has 1 aliphatic carbocycles. The van der Waals surface area contributed by atoms with E-state index in [2.05, 4.69) is 17.6 Å². The van der Waals surface area contributed by atoms with Crippen molar-refractivity contribution in [2.45, 2.75) is 70.9 Å². The molecule has 116 valence electrons. The topological polar surface area (TPSA) is 84.2 Å². The third kappa shape index (κ3) is 5.49. The summed E-state index contributed by atoms with van der Waals surface area (Å²) in [6.07, 6.45) is 3.88. The van der Waals surface area contributed by atoms with Gasteiger partial charge in [-0.05, 0) is 39.5 Å². The number of carbonyl (C=O) groups is 2. The molecule has 1 aliphatic rings. The Morgan fingerprint density at radius 2 is 2.00 bits per heavy atom. The Bertz CT molecular complexity index is 363. The molecule has 1 fully saturated rings. The number of amides is 2. The highest BCUT2D eigenvalue weighted by Gasteiger charge is 2.37. The number of carbonyl (C=O) groups excluding carboxylic acids is 2. The van der Waals surface area contributed by atoms with Crippen LogP contribution < -0.4 is 16.4 Å². The maximum absolute atomic E-state index is 12.2. The molecule has 0 spiro atoms. The number of nitrogens with two attached hydrogens (primary N) is 1. The van der Waals surface area contributed by atoms with Crippen molar-refractivity contribution in [1.29, 1.82) is 0 Å². The summed E-state index contributed by atoms with van der Waals surface area (Å²) < 4.78 is 0. The highest BCUT2D eigenvalue weighted by Crippen LogP contribution is 2.30. The van der Waals surface area contributed by atoms with E-state index in [1.807, 2.05) is 20.8 Å². The lowest BCUT2D eigenvalue weighted by atomic mass is 9.76. The summed E-state index contributed by atoms with van der Waals surface area (Å²) in [4.78, 5) is 23.8. The second kappa shape index (κ2) is 6.57. The average Bonchev–Trinajstić information content (AvgIpc) is 2.25. The first-order chi connectivity index (χ1) is 9.12. The van der Waals surface area contributed by atoms with E-state index in [1.54, 1.807) is 0 Å². The number of nitrogens with one attached hydrogen (secondary N) is 2. The minimum Gasteiger partial charge on any atom is -0.354 e. The summed E-state index contributed by atoms with van der Waals surface area (Å²) in [5.74, 6) is 0.317. The van der Waals surface area contributed by atoms with Gasteiger partial charge in [0.2, 0.25) is 11.8 Å². The van der Waals surface area contributed by atoms with Crippen LogP contribution in [0.5, 0.6) is 0 Å². The summed E-state index contributed by atoms with van der Waals surface area (Å²) in [5, 5.41) is 5.67. The summed E-state index contributed by atoms with van der Waals surface area (Å²) >= 11 is 0. The van der Waals surface area contributed by atoms with Crippen molar-refractivity contribution in [1.82, 2.24) is 10.6 Å². The number of rotatable bonds is 4. The lowest BCUT2D eigenvalue weighted by Gasteiger charge is -2.35. The van der Waals surface area contributed by atoms with Crippen LogP contribution >= 0.6 is 0 Å².